The van der Waals surface area contributed by atoms with Crippen LogP contribution in [0.5, 0.6) is 0 Å². The van der Waals surface area contributed by atoms with Crippen molar-refractivity contribution in [1.82, 2.24) is 15.0 Å². The van der Waals surface area contributed by atoms with Crippen molar-refractivity contribution in [2.24, 2.45) is 0 Å². The Morgan fingerprint density at radius 3 is 2.26 bits per heavy atom. The second-order valence-electron chi connectivity index (χ2n) is 5.70. The standard InChI is InChI=1S/C20H21N5O2/c1-3-26-19(21)15-10-8-14(9-11-15)18-13-25(24-23-18)17-7-5-6-16(12-17)20(22)27-4-2/h5-13,21-22H,3-4H2,1-2H3. The first-order valence-corrected chi connectivity index (χ1v) is 8.69. The number of nitrogens with zero attached hydrogens (tertiary/aromatic N) is 3. The fraction of sp³-hybridized carbons (Fsp3) is 0.200. The van der Waals surface area contributed by atoms with Gasteiger partial charge in [0.15, 0.2) is 0 Å². The average Bonchev–Trinajstić information content (AvgIpc) is 3.19. The topological polar surface area (TPSA) is 96.9 Å². The Bertz CT molecular complexity index is 947. The monoisotopic (exact) mass is 363 g/mol. The van der Waals surface area contributed by atoms with Crippen LogP contribution in [0.2, 0.25) is 0 Å². The zero-order chi connectivity index (χ0) is 19.2. The van der Waals surface area contributed by atoms with Crippen molar-refractivity contribution in [3.05, 3.63) is 65.9 Å². The molecule has 0 unspecified atom stereocenters. The van der Waals surface area contributed by atoms with E-state index in [-0.39, 0.29) is 11.8 Å². The summed E-state index contributed by atoms with van der Waals surface area (Å²) in [5, 5.41) is 24.2. The van der Waals surface area contributed by atoms with Crippen LogP contribution in [0.15, 0.2) is 54.7 Å². The van der Waals surface area contributed by atoms with E-state index in [1.807, 2.05) is 68.6 Å². The highest BCUT2D eigenvalue weighted by atomic mass is 16.5. The van der Waals surface area contributed by atoms with Gasteiger partial charge in [0.2, 0.25) is 11.8 Å². The third kappa shape index (κ3) is 4.20. The van der Waals surface area contributed by atoms with Gasteiger partial charge in [-0.15, -0.1) is 5.10 Å². The van der Waals surface area contributed by atoms with Crippen LogP contribution in [0.4, 0.5) is 0 Å². The van der Waals surface area contributed by atoms with E-state index in [4.69, 9.17) is 20.3 Å². The number of nitrogens with one attached hydrogen (secondary N) is 2. The molecule has 7 heteroatoms. The van der Waals surface area contributed by atoms with E-state index in [1.54, 1.807) is 4.68 Å². The lowest BCUT2D eigenvalue weighted by atomic mass is 10.1. The summed E-state index contributed by atoms with van der Waals surface area (Å²) in [6.07, 6.45) is 1.83. The van der Waals surface area contributed by atoms with Gasteiger partial charge in [-0.2, -0.15) is 0 Å². The number of hydrogen-bond acceptors (Lipinski definition) is 6. The molecular weight excluding hydrogens is 342 g/mol. The minimum absolute atomic E-state index is 0.132. The zero-order valence-electron chi connectivity index (χ0n) is 15.3. The second-order valence-corrected chi connectivity index (χ2v) is 5.70. The Hall–Kier alpha value is -3.48. The molecule has 2 aromatic carbocycles. The molecule has 0 aliphatic rings. The number of aromatic nitrogens is 3. The van der Waals surface area contributed by atoms with E-state index in [0.29, 0.717) is 18.8 Å². The lowest BCUT2D eigenvalue weighted by Gasteiger charge is -2.06. The maximum absolute atomic E-state index is 7.92. The molecule has 0 atom stereocenters. The molecule has 27 heavy (non-hydrogen) atoms. The lowest BCUT2D eigenvalue weighted by Crippen LogP contribution is -2.05. The maximum Gasteiger partial charge on any atom is 0.213 e. The highest BCUT2D eigenvalue weighted by molar-refractivity contribution is 5.92. The predicted octanol–water partition coefficient (Wildman–Crippen LogP) is 3.66. The Morgan fingerprint density at radius 2 is 1.59 bits per heavy atom. The molecule has 0 fully saturated rings. The fourth-order valence-corrected chi connectivity index (χ4v) is 2.56. The Kier molecular flexibility index (Phi) is 5.61. The van der Waals surface area contributed by atoms with Gasteiger partial charge in [0.1, 0.15) is 5.69 Å². The van der Waals surface area contributed by atoms with Crippen LogP contribution in [0.1, 0.15) is 25.0 Å². The van der Waals surface area contributed by atoms with E-state index in [9.17, 15) is 0 Å². The van der Waals surface area contributed by atoms with Crippen molar-refractivity contribution >= 4 is 11.8 Å². The normalized spacial score (nSPS) is 10.4. The molecule has 0 bridgehead atoms. The van der Waals surface area contributed by atoms with Crippen molar-refractivity contribution in [2.75, 3.05) is 13.2 Å². The summed E-state index contributed by atoms with van der Waals surface area (Å²) in [4.78, 5) is 0. The lowest BCUT2D eigenvalue weighted by molar-refractivity contribution is 0.325. The van der Waals surface area contributed by atoms with Crippen LogP contribution in [0, 0.1) is 10.8 Å². The largest absolute Gasteiger partial charge is 0.478 e. The molecule has 1 aromatic heterocycles. The smallest absolute Gasteiger partial charge is 0.213 e. The summed E-state index contributed by atoms with van der Waals surface area (Å²) in [5.41, 5.74) is 3.81. The highest BCUT2D eigenvalue weighted by Crippen LogP contribution is 2.19. The van der Waals surface area contributed by atoms with E-state index in [2.05, 4.69) is 10.3 Å². The molecule has 3 aromatic rings. The van der Waals surface area contributed by atoms with Crippen LogP contribution in [0.3, 0.4) is 0 Å². The van der Waals surface area contributed by atoms with Gasteiger partial charge in [-0.3, -0.25) is 10.8 Å². The number of hydrogen-bond donors (Lipinski definition) is 2. The first kappa shape index (κ1) is 18.3. The van der Waals surface area contributed by atoms with E-state index in [0.717, 1.165) is 22.5 Å². The number of ether oxygens (including phenoxy) is 2. The SMILES string of the molecule is CCOC(=N)c1ccc(-c2cn(-c3cccc(C(=N)OCC)c3)nn2)cc1. The third-order valence-corrected chi connectivity index (χ3v) is 3.89. The van der Waals surface area contributed by atoms with Crippen LogP contribution < -0.4 is 0 Å². The molecule has 0 aliphatic heterocycles. The fourth-order valence-electron chi connectivity index (χ4n) is 2.56. The zero-order valence-corrected chi connectivity index (χ0v) is 15.3. The van der Waals surface area contributed by atoms with Gasteiger partial charge in [-0.25, -0.2) is 4.68 Å². The molecule has 0 amide bonds. The first-order valence-electron chi connectivity index (χ1n) is 8.69. The van der Waals surface area contributed by atoms with Gasteiger partial charge < -0.3 is 9.47 Å². The maximum atomic E-state index is 7.92. The van der Waals surface area contributed by atoms with Crippen molar-refractivity contribution < 1.29 is 9.47 Å². The minimum atomic E-state index is 0.132. The number of benzene rings is 2. The molecule has 0 spiro atoms. The van der Waals surface area contributed by atoms with E-state index in [1.165, 1.54) is 0 Å². The van der Waals surface area contributed by atoms with Gasteiger partial charge in [0.25, 0.3) is 0 Å². The molecule has 0 aliphatic carbocycles. The molecule has 7 nitrogen and oxygen atoms in total. The van der Waals surface area contributed by atoms with Gasteiger partial charge in [0, 0.05) is 16.7 Å². The first-order chi connectivity index (χ1) is 13.1. The van der Waals surface area contributed by atoms with E-state index < -0.39 is 0 Å². The van der Waals surface area contributed by atoms with Crippen LogP contribution >= 0.6 is 0 Å². The van der Waals surface area contributed by atoms with Crippen molar-refractivity contribution in [2.45, 2.75) is 13.8 Å². The number of rotatable bonds is 6. The van der Waals surface area contributed by atoms with Crippen molar-refractivity contribution in [3.63, 3.8) is 0 Å². The molecule has 0 saturated heterocycles. The third-order valence-electron chi connectivity index (χ3n) is 3.89. The summed E-state index contributed by atoms with van der Waals surface area (Å²) >= 11 is 0. The Labute approximate surface area is 157 Å². The van der Waals surface area contributed by atoms with E-state index >= 15 is 0 Å². The molecular formula is C20H21N5O2. The molecule has 1 heterocycles. The Balaban J connectivity index is 1.82. The van der Waals surface area contributed by atoms with Crippen molar-refractivity contribution in [3.8, 4) is 16.9 Å². The Morgan fingerprint density at radius 1 is 0.926 bits per heavy atom. The highest BCUT2D eigenvalue weighted by Gasteiger charge is 2.09. The average molecular weight is 363 g/mol. The van der Waals surface area contributed by atoms with Gasteiger partial charge in [0.05, 0.1) is 25.1 Å². The van der Waals surface area contributed by atoms with Crippen molar-refractivity contribution in [1.29, 1.82) is 10.8 Å². The predicted molar refractivity (Wildman–Crippen MR) is 104 cm³/mol. The van der Waals surface area contributed by atoms with Gasteiger partial charge >= 0.3 is 0 Å². The van der Waals surface area contributed by atoms with Gasteiger partial charge in [-0.05, 0) is 44.2 Å². The molecule has 0 radical (unpaired) electrons. The molecule has 3 rings (SSSR count). The quantitative estimate of drug-likeness (QED) is 0.516. The minimum Gasteiger partial charge on any atom is -0.478 e. The van der Waals surface area contributed by atoms with Crippen LogP contribution in [0.25, 0.3) is 16.9 Å². The molecule has 138 valence electrons. The summed E-state index contributed by atoms with van der Waals surface area (Å²) in [6.45, 7) is 4.62. The second kappa shape index (κ2) is 8.27. The van der Waals surface area contributed by atoms with Crippen LogP contribution in [-0.4, -0.2) is 40.0 Å². The summed E-state index contributed by atoms with van der Waals surface area (Å²) in [6, 6.07) is 14.8. The van der Waals surface area contributed by atoms with Crippen LogP contribution in [-0.2, 0) is 9.47 Å². The summed E-state index contributed by atoms with van der Waals surface area (Å²) < 4.78 is 12.1. The molecule has 2 N–H and O–H groups in total. The summed E-state index contributed by atoms with van der Waals surface area (Å²) in [7, 11) is 0. The van der Waals surface area contributed by atoms with Gasteiger partial charge in [-0.1, -0.05) is 23.4 Å². The molecule has 0 saturated carbocycles. The summed E-state index contributed by atoms with van der Waals surface area (Å²) in [5.74, 6) is 0.285.